The standard InChI is InChI=1S/C19H23N5/c1-20-19(23(2)14-16-8-4-3-5-9-16)21-12-11-17-15-24-13-7-6-10-18(24)22-17/h3-10,13,15H,11-12,14H2,1-2H3,(H,20,21). The molecule has 0 aliphatic rings. The van der Waals surface area contributed by atoms with Gasteiger partial charge in [0.15, 0.2) is 5.96 Å². The van der Waals surface area contributed by atoms with Crippen LogP contribution < -0.4 is 5.32 Å². The molecule has 0 aliphatic heterocycles. The number of hydrogen-bond acceptors (Lipinski definition) is 2. The Hall–Kier alpha value is -2.82. The fourth-order valence-corrected chi connectivity index (χ4v) is 2.73. The highest BCUT2D eigenvalue weighted by Crippen LogP contribution is 2.05. The molecule has 3 aromatic rings. The highest BCUT2D eigenvalue weighted by molar-refractivity contribution is 5.79. The molecule has 0 saturated carbocycles. The van der Waals surface area contributed by atoms with Crippen LogP contribution in [0.1, 0.15) is 11.3 Å². The van der Waals surface area contributed by atoms with Gasteiger partial charge < -0.3 is 14.6 Å². The third-order valence-electron chi connectivity index (χ3n) is 3.91. The van der Waals surface area contributed by atoms with Crippen LogP contribution in [-0.2, 0) is 13.0 Å². The van der Waals surface area contributed by atoms with Gasteiger partial charge in [0.2, 0.25) is 0 Å². The lowest BCUT2D eigenvalue weighted by molar-refractivity contribution is 0.477. The monoisotopic (exact) mass is 321 g/mol. The Labute approximate surface area is 142 Å². The van der Waals surface area contributed by atoms with E-state index in [1.165, 1.54) is 5.56 Å². The van der Waals surface area contributed by atoms with E-state index >= 15 is 0 Å². The number of rotatable bonds is 5. The van der Waals surface area contributed by atoms with Crippen molar-refractivity contribution in [2.45, 2.75) is 13.0 Å². The number of imidazole rings is 1. The topological polar surface area (TPSA) is 44.9 Å². The van der Waals surface area contributed by atoms with Crippen molar-refractivity contribution in [3.63, 3.8) is 0 Å². The van der Waals surface area contributed by atoms with E-state index in [4.69, 9.17) is 0 Å². The Morgan fingerprint density at radius 3 is 2.71 bits per heavy atom. The van der Waals surface area contributed by atoms with Crippen LogP contribution >= 0.6 is 0 Å². The number of aromatic nitrogens is 2. The molecule has 0 radical (unpaired) electrons. The largest absolute Gasteiger partial charge is 0.356 e. The molecule has 1 aromatic carbocycles. The van der Waals surface area contributed by atoms with Crippen molar-refractivity contribution in [3.05, 3.63) is 72.2 Å². The van der Waals surface area contributed by atoms with E-state index in [1.54, 1.807) is 0 Å². The summed E-state index contributed by atoms with van der Waals surface area (Å²) in [7, 11) is 3.86. The SMILES string of the molecule is CN=C(NCCc1cn2ccccc2n1)N(C)Cc1ccccc1. The number of fused-ring (bicyclic) bond motifs is 1. The number of aliphatic imine (C=N–C) groups is 1. The van der Waals surface area contributed by atoms with Crippen molar-refractivity contribution in [3.8, 4) is 0 Å². The van der Waals surface area contributed by atoms with Crippen molar-refractivity contribution in [1.29, 1.82) is 0 Å². The zero-order chi connectivity index (χ0) is 16.8. The zero-order valence-corrected chi connectivity index (χ0v) is 14.2. The average molecular weight is 321 g/mol. The maximum atomic E-state index is 4.62. The Morgan fingerprint density at radius 2 is 1.96 bits per heavy atom. The first-order valence-corrected chi connectivity index (χ1v) is 8.14. The third kappa shape index (κ3) is 3.93. The summed E-state index contributed by atoms with van der Waals surface area (Å²) in [5.74, 6) is 0.891. The lowest BCUT2D eigenvalue weighted by Crippen LogP contribution is -2.39. The van der Waals surface area contributed by atoms with Gasteiger partial charge in [0.05, 0.1) is 5.69 Å². The minimum Gasteiger partial charge on any atom is -0.356 e. The molecular formula is C19H23N5. The molecule has 0 aliphatic carbocycles. The molecule has 0 spiro atoms. The van der Waals surface area contributed by atoms with Gasteiger partial charge in [-0.2, -0.15) is 0 Å². The van der Waals surface area contributed by atoms with Crippen LogP contribution in [0.4, 0.5) is 0 Å². The molecule has 0 bridgehead atoms. The van der Waals surface area contributed by atoms with Crippen LogP contribution in [0.25, 0.3) is 5.65 Å². The van der Waals surface area contributed by atoms with Crippen LogP contribution in [0.5, 0.6) is 0 Å². The zero-order valence-electron chi connectivity index (χ0n) is 14.2. The van der Waals surface area contributed by atoms with Gasteiger partial charge in [-0.1, -0.05) is 36.4 Å². The van der Waals surface area contributed by atoms with Crippen molar-refractivity contribution >= 4 is 11.6 Å². The third-order valence-corrected chi connectivity index (χ3v) is 3.91. The van der Waals surface area contributed by atoms with Gasteiger partial charge in [-0.15, -0.1) is 0 Å². The summed E-state index contributed by atoms with van der Waals surface area (Å²) in [6, 6.07) is 16.4. The number of nitrogens with one attached hydrogen (secondary N) is 1. The summed E-state index contributed by atoms with van der Waals surface area (Å²) in [5.41, 5.74) is 3.33. The summed E-state index contributed by atoms with van der Waals surface area (Å²) in [5, 5.41) is 3.41. The molecule has 0 saturated heterocycles. The molecule has 24 heavy (non-hydrogen) atoms. The molecule has 0 atom stereocenters. The number of hydrogen-bond donors (Lipinski definition) is 1. The molecule has 124 valence electrons. The fourth-order valence-electron chi connectivity index (χ4n) is 2.73. The molecule has 5 nitrogen and oxygen atoms in total. The van der Waals surface area contributed by atoms with E-state index in [2.05, 4.69) is 50.7 Å². The maximum Gasteiger partial charge on any atom is 0.193 e. The van der Waals surface area contributed by atoms with Crippen molar-refractivity contribution in [2.24, 2.45) is 4.99 Å². The Kier molecular flexibility index (Phi) is 5.11. The molecule has 0 unspecified atom stereocenters. The van der Waals surface area contributed by atoms with E-state index in [0.717, 1.165) is 36.8 Å². The molecule has 0 amide bonds. The maximum absolute atomic E-state index is 4.62. The van der Waals surface area contributed by atoms with Gasteiger partial charge >= 0.3 is 0 Å². The second-order valence-corrected chi connectivity index (χ2v) is 5.76. The Bertz CT molecular complexity index is 774. The second kappa shape index (κ2) is 7.64. The number of guanidine groups is 1. The number of pyridine rings is 1. The Balaban J connectivity index is 1.54. The lowest BCUT2D eigenvalue weighted by Gasteiger charge is -2.22. The molecule has 2 aromatic heterocycles. The lowest BCUT2D eigenvalue weighted by atomic mass is 10.2. The van der Waals surface area contributed by atoms with Crippen molar-refractivity contribution in [1.82, 2.24) is 19.6 Å². The van der Waals surface area contributed by atoms with Gasteiger partial charge in [0, 0.05) is 46.0 Å². The normalized spacial score (nSPS) is 11.7. The predicted octanol–water partition coefficient (Wildman–Crippen LogP) is 2.58. The first kappa shape index (κ1) is 16.1. The van der Waals surface area contributed by atoms with Crippen LogP contribution in [0.3, 0.4) is 0 Å². The minimum absolute atomic E-state index is 0.801. The van der Waals surface area contributed by atoms with Gasteiger partial charge in [-0.3, -0.25) is 4.99 Å². The molecular weight excluding hydrogens is 298 g/mol. The molecule has 3 rings (SSSR count). The van der Waals surface area contributed by atoms with Gasteiger partial charge in [0.1, 0.15) is 5.65 Å². The highest BCUT2D eigenvalue weighted by Gasteiger charge is 2.07. The summed E-state index contributed by atoms with van der Waals surface area (Å²) in [4.78, 5) is 11.1. The van der Waals surface area contributed by atoms with Crippen LogP contribution in [0, 0.1) is 0 Å². The van der Waals surface area contributed by atoms with Crippen LogP contribution in [0.2, 0.25) is 0 Å². The van der Waals surface area contributed by atoms with Gasteiger partial charge in [-0.25, -0.2) is 4.98 Å². The molecule has 5 heteroatoms. The summed E-state index contributed by atoms with van der Waals surface area (Å²) in [6.07, 6.45) is 4.96. The summed E-state index contributed by atoms with van der Waals surface area (Å²) >= 11 is 0. The molecule has 1 N–H and O–H groups in total. The smallest absolute Gasteiger partial charge is 0.193 e. The Morgan fingerprint density at radius 1 is 1.17 bits per heavy atom. The van der Waals surface area contributed by atoms with E-state index in [0.29, 0.717) is 0 Å². The second-order valence-electron chi connectivity index (χ2n) is 5.76. The van der Waals surface area contributed by atoms with Crippen LogP contribution in [0.15, 0.2) is 65.9 Å². The quantitative estimate of drug-likeness (QED) is 0.580. The van der Waals surface area contributed by atoms with Crippen molar-refractivity contribution < 1.29 is 0 Å². The fraction of sp³-hybridized carbons (Fsp3) is 0.263. The molecule has 2 heterocycles. The number of nitrogens with zero attached hydrogens (tertiary/aromatic N) is 4. The van der Waals surface area contributed by atoms with Gasteiger partial charge in [0.25, 0.3) is 0 Å². The molecule has 0 fully saturated rings. The van der Waals surface area contributed by atoms with Gasteiger partial charge in [-0.05, 0) is 17.7 Å². The average Bonchev–Trinajstić information content (AvgIpc) is 3.02. The highest BCUT2D eigenvalue weighted by atomic mass is 15.3. The van der Waals surface area contributed by atoms with E-state index in [1.807, 2.05) is 49.0 Å². The summed E-state index contributed by atoms with van der Waals surface area (Å²) < 4.78 is 2.05. The first-order valence-electron chi connectivity index (χ1n) is 8.14. The van der Waals surface area contributed by atoms with Crippen molar-refractivity contribution in [2.75, 3.05) is 20.6 Å². The predicted molar refractivity (Wildman–Crippen MR) is 98.2 cm³/mol. The summed E-state index contributed by atoms with van der Waals surface area (Å²) in [6.45, 7) is 1.63. The van der Waals surface area contributed by atoms with Crippen LogP contribution in [-0.4, -0.2) is 40.9 Å². The van der Waals surface area contributed by atoms with E-state index < -0.39 is 0 Å². The minimum atomic E-state index is 0.801. The number of benzene rings is 1. The van der Waals surface area contributed by atoms with E-state index in [9.17, 15) is 0 Å². The van der Waals surface area contributed by atoms with E-state index in [-0.39, 0.29) is 0 Å². The first-order chi connectivity index (χ1) is 11.8.